The van der Waals surface area contributed by atoms with Gasteiger partial charge >= 0.3 is 13.8 Å². The van der Waals surface area contributed by atoms with Crippen LogP contribution in [0.3, 0.4) is 0 Å². The number of carbonyl (C=O) groups excluding carboxylic acids is 2. The van der Waals surface area contributed by atoms with Gasteiger partial charge < -0.3 is 20.1 Å². The van der Waals surface area contributed by atoms with Crippen LogP contribution in [-0.4, -0.2) is 54.3 Å². The zero-order valence-corrected chi connectivity index (χ0v) is 38.6. The third-order valence-corrected chi connectivity index (χ3v) is 11.6. The molecule has 2 atom stereocenters. The highest BCUT2D eigenvalue weighted by molar-refractivity contribution is 7.47. The van der Waals surface area contributed by atoms with Crippen LogP contribution in [0.15, 0.2) is 24.3 Å². The molecule has 0 aliphatic rings. The van der Waals surface area contributed by atoms with Crippen molar-refractivity contribution in [2.75, 3.05) is 26.4 Å². The summed E-state index contributed by atoms with van der Waals surface area (Å²) in [5, 5.41) is 12.7. The van der Waals surface area contributed by atoms with Crippen LogP contribution in [0.1, 0.15) is 239 Å². The molecule has 0 fully saturated rings. The lowest BCUT2D eigenvalue weighted by Gasteiger charge is -2.15. The van der Waals surface area contributed by atoms with Crippen LogP contribution in [0.4, 0.5) is 0 Å². The normalized spacial score (nSPS) is 13.4. The van der Waals surface area contributed by atoms with Crippen LogP contribution in [0.25, 0.3) is 0 Å². The van der Waals surface area contributed by atoms with Crippen molar-refractivity contribution < 1.29 is 37.9 Å². The molecular formula is C48H92NO8P. The molecular weight excluding hydrogens is 750 g/mol. The van der Waals surface area contributed by atoms with Gasteiger partial charge in [0.05, 0.1) is 13.2 Å². The van der Waals surface area contributed by atoms with Crippen LogP contribution in [-0.2, 0) is 27.9 Å². The number of nitrogens with one attached hydrogen (secondary N) is 1. The summed E-state index contributed by atoms with van der Waals surface area (Å²) in [7, 11) is -4.42. The minimum Gasteiger partial charge on any atom is -0.463 e. The lowest BCUT2D eigenvalue weighted by atomic mass is 10.0. The second kappa shape index (κ2) is 45.0. The molecule has 0 aromatic heterocycles. The number of ether oxygens (including phenoxy) is 1. The number of phosphoric acid groups is 1. The summed E-state index contributed by atoms with van der Waals surface area (Å²) in [4.78, 5) is 34.0. The fourth-order valence-electron chi connectivity index (χ4n) is 6.90. The zero-order valence-electron chi connectivity index (χ0n) is 37.8. The Morgan fingerprint density at radius 3 is 1.29 bits per heavy atom. The number of carbonyl (C=O) groups is 2. The Bertz CT molecular complexity index is 1010. The second-order valence-electron chi connectivity index (χ2n) is 16.4. The van der Waals surface area contributed by atoms with Crippen molar-refractivity contribution in [1.82, 2.24) is 5.32 Å². The average Bonchev–Trinajstić information content (AvgIpc) is 3.21. The molecule has 2 unspecified atom stereocenters. The van der Waals surface area contributed by atoms with Crippen molar-refractivity contribution in [2.45, 2.75) is 245 Å². The van der Waals surface area contributed by atoms with Crippen LogP contribution in [0, 0.1) is 0 Å². The van der Waals surface area contributed by atoms with E-state index in [1.165, 1.54) is 161 Å². The first-order chi connectivity index (χ1) is 28.3. The fourth-order valence-corrected chi connectivity index (χ4v) is 7.66. The summed E-state index contributed by atoms with van der Waals surface area (Å²) < 4.78 is 26.9. The summed E-state index contributed by atoms with van der Waals surface area (Å²) in [5.74, 6) is -0.518. The predicted octanol–water partition coefficient (Wildman–Crippen LogP) is 13.9. The van der Waals surface area contributed by atoms with E-state index < -0.39 is 26.5 Å². The summed E-state index contributed by atoms with van der Waals surface area (Å²) in [5.41, 5.74) is 0. The molecule has 58 heavy (non-hydrogen) atoms. The van der Waals surface area contributed by atoms with Crippen molar-refractivity contribution in [3.05, 3.63) is 24.3 Å². The van der Waals surface area contributed by atoms with Gasteiger partial charge in [-0.1, -0.05) is 186 Å². The van der Waals surface area contributed by atoms with Gasteiger partial charge in [-0.2, -0.15) is 0 Å². The Morgan fingerprint density at radius 1 is 0.517 bits per heavy atom. The van der Waals surface area contributed by atoms with E-state index in [4.69, 9.17) is 13.8 Å². The Morgan fingerprint density at radius 2 is 0.879 bits per heavy atom. The molecule has 0 saturated carbocycles. The van der Waals surface area contributed by atoms with E-state index in [0.29, 0.717) is 6.42 Å². The van der Waals surface area contributed by atoms with Gasteiger partial charge in [0.15, 0.2) is 0 Å². The first-order valence-electron chi connectivity index (χ1n) is 24.3. The highest BCUT2D eigenvalue weighted by Crippen LogP contribution is 2.42. The molecule has 0 aromatic carbocycles. The van der Waals surface area contributed by atoms with Gasteiger partial charge in [-0.15, -0.1) is 0 Å². The van der Waals surface area contributed by atoms with Crippen LogP contribution in [0.2, 0.25) is 0 Å². The van der Waals surface area contributed by atoms with Crippen molar-refractivity contribution in [2.24, 2.45) is 0 Å². The molecule has 342 valence electrons. The number of esters is 1. The van der Waals surface area contributed by atoms with E-state index in [-0.39, 0.29) is 32.1 Å². The molecule has 0 aliphatic heterocycles. The number of hydrogen-bond acceptors (Lipinski definition) is 7. The van der Waals surface area contributed by atoms with E-state index in [2.05, 4.69) is 43.5 Å². The van der Waals surface area contributed by atoms with Crippen molar-refractivity contribution in [1.29, 1.82) is 0 Å². The first kappa shape index (κ1) is 56.5. The van der Waals surface area contributed by atoms with Crippen molar-refractivity contribution in [3.8, 4) is 0 Å². The number of rotatable bonds is 46. The highest BCUT2D eigenvalue weighted by atomic mass is 31.2. The maximum atomic E-state index is 12.1. The van der Waals surface area contributed by atoms with Gasteiger partial charge in [-0.3, -0.25) is 18.6 Å². The molecule has 9 nitrogen and oxygen atoms in total. The molecule has 3 N–H and O–H groups in total. The van der Waals surface area contributed by atoms with E-state index >= 15 is 0 Å². The molecule has 0 radical (unpaired) electrons. The predicted molar refractivity (Wildman–Crippen MR) is 243 cm³/mol. The molecule has 10 heteroatoms. The van der Waals surface area contributed by atoms with Crippen molar-refractivity contribution >= 4 is 19.7 Å². The molecule has 0 saturated heterocycles. The number of unbranched alkanes of at least 4 members (excludes halogenated alkanes) is 29. The molecule has 0 rings (SSSR count). The van der Waals surface area contributed by atoms with Gasteiger partial charge in [0.1, 0.15) is 12.7 Å². The minimum absolute atomic E-state index is 0.0794. The molecule has 0 heterocycles. The van der Waals surface area contributed by atoms with Gasteiger partial charge in [0.2, 0.25) is 5.91 Å². The molecule has 0 bridgehead atoms. The number of aliphatic hydroxyl groups is 1. The second-order valence-corrected chi connectivity index (χ2v) is 17.9. The number of phosphoric ester groups is 1. The highest BCUT2D eigenvalue weighted by Gasteiger charge is 2.23. The standard InChI is InChI=1S/C48H92NO8P/c1-3-5-7-9-11-13-15-17-19-20-21-22-23-24-25-26-27-29-31-33-35-37-39-41-48(52)55-44-46(50)45-57-58(53,54)56-43-42-49-47(51)40-38-36-34-32-30-28-18-16-14-12-10-8-6-4-2/h16-19,46,50H,3-15,20-45H2,1-2H3,(H,49,51)(H,53,54)/b18-16-,19-17+. The third kappa shape index (κ3) is 45.6. The monoisotopic (exact) mass is 842 g/mol. The quantitative estimate of drug-likeness (QED) is 0.0239. The molecule has 0 spiro atoms. The number of aliphatic hydroxyl groups excluding tert-OH is 1. The Balaban J connectivity index is 3.54. The van der Waals surface area contributed by atoms with Crippen LogP contribution in [0.5, 0.6) is 0 Å². The SMILES string of the molecule is CCCCCCC/C=C\CCCCCCCC(=O)NCCOP(=O)(O)OCC(O)COC(=O)CCCCCCCCCCCCCCC/C=C/CCCCCCCC. The summed E-state index contributed by atoms with van der Waals surface area (Å²) in [6.45, 7) is 3.56. The largest absolute Gasteiger partial charge is 0.472 e. The summed E-state index contributed by atoms with van der Waals surface area (Å²) in [6, 6.07) is 0. The minimum atomic E-state index is -4.42. The van der Waals surface area contributed by atoms with Gasteiger partial charge in [0.25, 0.3) is 0 Å². The number of amides is 1. The molecule has 0 aromatic rings. The topological polar surface area (TPSA) is 131 Å². The lowest BCUT2D eigenvalue weighted by molar-refractivity contribution is -0.147. The zero-order chi connectivity index (χ0) is 42.5. The van der Waals surface area contributed by atoms with Crippen molar-refractivity contribution in [3.63, 3.8) is 0 Å². The Labute approximate surface area is 357 Å². The lowest BCUT2D eigenvalue weighted by Crippen LogP contribution is -2.27. The molecule has 0 aliphatic carbocycles. The Kier molecular flexibility index (Phi) is 43.9. The maximum absolute atomic E-state index is 12.1. The van der Waals surface area contributed by atoms with E-state index in [1.54, 1.807) is 0 Å². The van der Waals surface area contributed by atoms with E-state index in [1.807, 2.05) is 0 Å². The first-order valence-corrected chi connectivity index (χ1v) is 25.8. The van der Waals surface area contributed by atoms with E-state index in [9.17, 15) is 24.2 Å². The smallest absolute Gasteiger partial charge is 0.463 e. The Hall–Kier alpha value is -1.51. The fraction of sp³-hybridized carbons (Fsp3) is 0.875. The maximum Gasteiger partial charge on any atom is 0.472 e. The van der Waals surface area contributed by atoms with Gasteiger partial charge in [-0.05, 0) is 64.2 Å². The van der Waals surface area contributed by atoms with Gasteiger partial charge in [-0.25, -0.2) is 4.57 Å². The third-order valence-electron chi connectivity index (χ3n) is 10.6. The number of allylic oxidation sites excluding steroid dienone is 4. The molecule has 1 amide bonds. The average molecular weight is 842 g/mol. The van der Waals surface area contributed by atoms with E-state index in [0.717, 1.165) is 51.4 Å². The summed E-state index contributed by atoms with van der Waals surface area (Å²) >= 11 is 0. The number of hydrogen-bond donors (Lipinski definition) is 3. The van der Waals surface area contributed by atoms with Gasteiger partial charge in [0, 0.05) is 19.4 Å². The van der Waals surface area contributed by atoms with Crippen LogP contribution >= 0.6 is 7.82 Å². The summed E-state index contributed by atoms with van der Waals surface area (Å²) in [6.07, 6.45) is 49.7. The van der Waals surface area contributed by atoms with Crippen LogP contribution < -0.4 is 5.32 Å².